The summed E-state index contributed by atoms with van der Waals surface area (Å²) >= 11 is 0. The van der Waals surface area contributed by atoms with Crippen molar-refractivity contribution in [3.63, 3.8) is 0 Å². The first-order chi connectivity index (χ1) is 12.1. The van der Waals surface area contributed by atoms with E-state index in [1.54, 1.807) is 0 Å². The zero-order valence-corrected chi connectivity index (χ0v) is 17.6. The third-order valence-corrected chi connectivity index (χ3v) is 5.30. The van der Waals surface area contributed by atoms with Crippen LogP contribution in [0.15, 0.2) is 0 Å². The van der Waals surface area contributed by atoms with E-state index in [4.69, 9.17) is 14.2 Å². The molecule has 0 spiro atoms. The summed E-state index contributed by atoms with van der Waals surface area (Å²) in [4.78, 5) is 12.4. The molecule has 3 atom stereocenters. The second kappa shape index (κ2) is 8.92. The van der Waals surface area contributed by atoms with Crippen molar-refractivity contribution in [3.8, 4) is 0 Å². The zero-order chi connectivity index (χ0) is 19.4. The Morgan fingerprint density at radius 2 is 1.85 bits per heavy atom. The summed E-state index contributed by atoms with van der Waals surface area (Å²) in [6, 6.07) is -0.0369. The molecule has 0 aromatic rings. The van der Waals surface area contributed by atoms with Crippen molar-refractivity contribution < 1.29 is 19.0 Å². The van der Waals surface area contributed by atoms with E-state index in [1.807, 2.05) is 34.6 Å². The first kappa shape index (κ1) is 21.5. The van der Waals surface area contributed by atoms with Gasteiger partial charge in [-0.3, -0.25) is 0 Å². The highest BCUT2D eigenvalue weighted by Gasteiger charge is 2.40. The molecular weight excluding hydrogens is 330 g/mol. The van der Waals surface area contributed by atoms with Gasteiger partial charge in [-0.15, -0.1) is 0 Å². The molecule has 2 rings (SSSR count). The van der Waals surface area contributed by atoms with E-state index < -0.39 is 11.4 Å². The number of hydrogen-bond donors (Lipinski definition) is 1. The van der Waals surface area contributed by atoms with Gasteiger partial charge in [0.05, 0.1) is 18.2 Å². The van der Waals surface area contributed by atoms with Crippen molar-refractivity contribution in [2.24, 2.45) is 5.92 Å². The molecule has 2 aliphatic rings. The normalized spacial score (nSPS) is 28.4. The molecule has 1 saturated carbocycles. The molecule has 0 aromatic heterocycles. The van der Waals surface area contributed by atoms with Gasteiger partial charge in [-0.25, -0.2) is 4.79 Å². The van der Waals surface area contributed by atoms with Gasteiger partial charge in [0.15, 0.2) is 5.79 Å². The van der Waals surface area contributed by atoms with Crippen molar-refractivity contribution in [2.45, 2.75) is 123 Å². The Morgan fingerprint density at radius 1 is 1.19 bits per heavy atom. The number of alkyl carbamates (subject to hydrolysis) is 1. The maximum atomic E-state index is 12.4. The highest BCUT2D eigenvalue weighted by atomic mass is 16.7. The second-order valence-corrected chi connectivity index (χ2v) is 9.43. The van der Waals surface area contributed by atoms with Crippen molar-refractivity contribution in [2.75, 3.05) is 0 Å². The first-order valence-electron chi connectivity index (χ1n) is 10.4. The lowest BCUT2D eigenvalue weighted by Gasteiger charge is -2.44. The van der Waals surface area contributed by atoms with Crippen LogP contribution in [0.1, 0.15) is 92.9 Å². The fraction of sp³-hybridized carbons (Fsp3) is 0.952. The fourth-order valence-corrected chi connectivity index (χ4v) is 4.19. The molecule has 1 heterocycles. The molecule has 5 nitrogen and oxygen atoms in total. The minimum absolute atomic E-state index is 0.0369. The van der Waals surface area contributed by atoms with Crippen molar-refractivity contribution in [1.82, 2.24) is 5.32 Å². The van der Waals surface area contributed by atoms with Gasteiger partial charge < -0.3 is 19.5 Å². The zero-order valence-electron chi connectivity index (χ0n) is 17.6. The quantitative estimate of drug-likeness (QED) is 0.726. The molecule has 0 aromatic carbocycles. The van der Waals surface area contributed by atoms with E-state index in [-0.39, 0.29) is 24.3 Å². The maximum Gasteiger partial charge on any atom is 0.407 e. The molecule has 5 heteroatoms. The van der Waals surface area contributed by atoms with E-state index in [0.717, 1.165) is 19.3 Å². The third-order valence-electron chi connectivity index (χ3n) is 5.30. The summed E-state index contributed by atoms with van der Waals surface area (Å²) in [5, 5.41) is 3.13. The van der Waals surface area contributed by atoms with Gasteiger partial charge in [-0.2, -0.15) is 0 Å². The van der Waals surface area contributed by atoms with Crippen molar-refractivity contribution in [3.05, 3.63) is 0 Å². The Labute approximate surface area is 159 Å². The predicted octanol–water partition coefficient (Wildman–Crippen LogP) is 5.17. The Morgan fingerprint density at radius 3 is 2.42 bits per heavy atom. The molecule has 1 amide bonds. The Bertz CT molecular complexity index is 451. The predicted molar refractivity (Wildman–Crippen MR) is 103 cm³/mol. The van der Waals surface area contributed by atoms with Gasteiger partial charge in [0, 0.05) is 6.42 Å². The van der Waals surface area contributed by atoms with E-state index in [2.05, 4.69) is 12.2 Å². The third kappa shape index (κ3) is 7.07. The molecule has 2 fully saturated rings. The molecule has 1 aliphatic carbocycles. The van der Waals surface area contributed by atoms with Crippen LogP contribution in [0.3, 0.4) is 0 Å². The van der Waals surface area contributed by atoms with Crippen LogP contribution in [0.25, 0.3) is 0 Å². The highest BCUT2D eigenvalue weighted by molar-refractivity contribution is 5.68. The molecule has 1 saturated heterocycles. The molecule has 0 unspecified atom stereocenters. The monoisotopic (exact) mass is 369 g/mol. The molecule has 1 aliphatic heterocycles. The van der Waals surface area contributed by atoms with E-state index in [1.165, 1.54) is 32.1 Å². The summed E-state index contributed by atoms with van der Waals surface area (Å²) in [6.07, 6.45) is 8.90. The Hall–Kier alpha value is -0.810. The van der Waals surface area contributed by atoms with Crippen LogP contribution >= 0.6 is 0 Å². The number of hydrogen-bond acceptors (Lipinski definition) is 4. The smallest absolute Gasteiger partial charge is 0.407 e. The SMILES string of the molecule is CC[C@@H]1C[C@@H]([C@H](CC2CCCCC2)NC(=O)OC(C)(C)C)OC(C)(C)O1. The summed E-state index contributed by atoms with van der Waals surface area (Å²) in [7, 11) is 0. The van der Waals surface area contributed by atoms with Crippen LogP contribution in [0.4, 0.5) is 4.79 Å². The lowest BCUT2D eigenvalue weighted by molar-refractivity contribution is -0.304. The molecule has 0 radical (unpaired) electrons. The Balaban J connectivity index is 2.08. The molecular formula is C21H39NO4. The first-order valence-corrected chi connectivity index (χ1v) is 10.4. The largest absolute Gasteiger partial charge is 0.444 e. The number of nitrogens with one attached hydrogen (secondary N) is 1. The van der Waals surface area contributed by atoms with Gasteiger partial charge in [0.2, 0.25) is 0 Å². The van der Waals surface area contributed by atoms with Crippen LogP contribution in [-0.4, -0.2) is 35.7 Å². The average molecular weight is 370 g/mol. The maximum absolute atomic E-state index is 12.4. The van der Waals surface area contributed by atoms with Crippen LogP contribution in [-0.2, 0) is 14.2 Å². The lowest BCUT2D eigenvalue weighted by Crippen LogP contribution is -2.54. The summed E-state index contributed by atoms with van der Waals surface area (Å²) in [6.45, 7) is 11.7. The Kier molecular flexibility index (Phi) is 7.37. The van der Waals surface area contributed by atoms with Gasteiger partial charge in [0.25, 0.3) is 0 Å². The number of ether oxygens (including phenoxy) is 3. The lowest BCUT2D eigenvalue weighted by atomic mass is 9.82. The second-order valence-electron chi connectivity index (χ2n) is 9.43. The average Bonchev–Trinajstić information content (AvgIpc) is 2.52. The molecule has 152 valence electrons. The van der Waals surface area contributed by atoms with E-state index in [9.17, 15) is 4.79 Å². The molecule has 1 N–H and O–H groups in total. The van der Waals surface area contributed by atoms with Gasteiger partial charge >= 0.3 is 6.09 Å². The molecule has 26 heavy (non-hydrogen) atoms. The number of carbonyl (C=O) groups is 1. The minimum Gasteiger partial charge on any atom is -0.444 e. The number of carbonyl (C=O) groups excluding carboxylic acids is 1. The van der Waals surface area contributed by atoms with E-state index in [0.29, 0.717) is 5.92 Å². The fourth-order valence-electron chi connectivity index (χ4n) is 4.19. The van der Waals surface area contributed by atoms with Crippen LogP contribution in [0.5, 0.6) is 0 Å². The van der Waals surface area contributed by atoms with Gasteiger partial charge in [-0.1, -0.05) is 39.0 Å². The number of rotatable bonds is 5. The van der Waals surface area contributed by atoms with Crippen LogP contribution in [0, 0.1) is 5.92 Å². The molecule has 0 bridgehead atoms. The van der Waals surface area contributed by atoms with Gasteiger partial charge in [-0.05, 0) is 53.4 Å². The number of amides is 1. The summed E-state index contributed by atoms with van der Waals surface area (Å²) < 4.78 is 17.8. The minimum atomic E-state index is -0.621. The van der Waals surface area contributed by atoms with Crippen molar-refractivity contribution in [1.29, 1.82) is 0 Å². The topological polar surface area (TPSA) is 56.8 Å². The summed E-state index contributed by atoms with van der Waals surface area (Å²) in [5.41, 5.74) is -0.499. The summed E-state index contributed by atoms with van der Waals surface area (Å²) in [5.74, 6) is 0.0302. The standard InChI is InChI=1S/C21H39NO4/c1-7-16-14-18(25-21(5,6)24-16)17(13-15-11-9-8-10-12-15)22-19(23)26-20(2,3)4/h15-18H,7-14H2,1-6H3,(H,22,23)/t16-,17+,18+/m1/s1. The van der Waals surface area contributed by atoms with Gasteiger partial charge in [0.1, 0.15) is 5.60 Å². The highest BCUT2D eigenvalue weighted by Crippen LogP contribution is 2.34. The van der Waals surface area contributed by atoms with Crippen LogP contribution in [0.2, 0.25) is 0 Å². The van der Waals surface area contributed by atoms with E-state index >= 15 is 0 Å². The van der Waals surface area contributed by atoms with Crippen molar-refractivity contribution >= 4 is 6.09 Å². The van der Waals surface area contributed by atoms with Crippen LogP contribution < -0.4 is 5.32 Å².